The molecular weight excluding hydrogens is 266 g/mol. The third-order valence-corrected chi connectivity index (χ3v) is 3.54. The summed E-state index contributed by atoms with van der Waals surface area (Å²) in [5.41, 5.74) is 1.94. The first-order valence-corrected chi connectivity index (χ1v) is 7.28. The van der Waals surface area contributed by atoms with E-state index in [9.17, 15) is 4.79 Å². The summed E-state index contributed by atoms with van der Waals surface area (Å²) < 4.78 is 5.44. The Kier molecular flexibility index (Phi) is 5.79. The predicted molar refractivity (Wildman–Crippen MR) is 80.4 cm³/mol. The fourth-order valence-corrected chi connectivity index (χ4v) is 2.25. The molecule has 1 aromatic rings. The van der Waals surface area contributed by atoms with E-state index in [4.69, 9.17) is 9.84 Å². The van der Waals surface area contributed by atoms with Gasteiger partial charge in [-0.1, -0.05) is 30.9 Å². The summed E-state index contributed by atoms with van der Waals surface area (Å²) in [7, 11) is 0. The molecule has 2 unspecified atom stereocenters. The maximum absolute atomic E-state index is 12.0. The Balaban J connectivity index is 1.83. The van der Waals surface area contributed by atoms with Crippen molar-refractivity contribution in [2.45, 2.75) is 32.4 Å². The number of ether oxygens (including phenoxy) is 1. The third kappa shape index (κ3) is 4.59. The van der Waals surface area contributed by atoms with Crippen LogP contribution in [0.15, 0.2) is 24.3 Å². The maximum Gasteiger partial charge on any atom is 0.249 e. The Morgan fingerprint density at radius 3 is 2.81 bits per heavy atom. The molecule has 1 amide bonds. The van der Waals surface area contributed by atoms with Gasteiger partial charge < -0.3 is 15.2 Å². The Morgan fingerprint density at radius 2 is 2.19 bits per heavy atom. The summed E-state index contributed by atoms with van der Waals surface area (Å²) in [6.45, 7) is 3.28. The fraction of sp³-hybridized carbons (Fsp3) is 0.471. The van der Waals surface area contributed by atoms with Crippen LogP contribution in [0, 0.1) is 17.8 Å². The van der Waals surface area contributed by atoms with Gasteiger partial charge in [0.15, 0.2) is 0 Å². The zero-order chi connectivity index (χ0) is 15.1. The second-order valence-corrected chi connectivity index (χ2v) is 5.25. The lowest BCUT2D eigenvalue weighted by Crippen LogP contribution is -2.36. The molecule has 21 heavy (non-hydrogen) atoms. The standard InChI is InChI=1S/C17H21NO3/c1-13-9-11-21-16(13)17(20)18-12-15-7-5-14(6-8-15)4-2-3-10-19/h5-8,13,16,19H,3,9-12H2,1H3,(H,18,20). The largest absolute Gasteiger partial charge is 0.395 e. The van der Waals surface area contributed by atoms with Crippen molar-refractivity contribution in [3.63, 3.8) is 0 Å². The molecule has 2 rings (SSSR count). The molecule has 112 valence electrons. The highest BCUT2D eigenvalue weighted by Gasteiger charge is 2.30. The van der Waals surface area contributed by atoms with Gasteiger partial charge in [-0.15, -0.1) is 0 Å². The second kappa shape index (κ2) is 7.82. The molecule has 1 aliphatic rings. The SMILES string of the molecule is CC1CCOC1C(=O)NCc1ccc(C#CCCO)cc1. The average Bonchev–Trinajstić information content (AvgIpc) is 2.92. The smallest absolute Gasteiger partial charge is 0.249 e. The van der Waals surface area contributed by atoms with Crippen LogP contribution in [0.5, 0.6) is 0 Å². The van der Waals surface area contributed by atoms with Crippen LogP contribution in [-0.4, -0.2) is 30.3 Å². The summed E-state index contributed by atoms with van der Waals surface area (Å²) in [5, 5.41) is 11.6. The Hall–Kier alpha value is -1.83. The van der Waals surface area contributed by atoms with Gasteiger partial charge in [0.2, 0.25) is 5.91 Å². The van der Waals surface area contributed by atoms with Gasteiger partial charge in [-0.3, -0.25) is 4.79 Å². The van der Waals surface area contributed by atoms with Gasteiger partial charge in [0.05, 0.1) is 6.61 Å². The highest BCUT2D eigenvalue weighted by atomic mass is 16.5. The van der Waals surface area contributed by atoms with Crippen molar-refractivity contribution in [2.75, 3.05) is 13.2 Å². The summed E-state index contributed by atoms with van der Waals surface area (Å²) in [4.78, 5) is 12.0. The normalized spacial score (nSPS) is 20.7. The zero-order valence-corrected chi connectivity index (χ0v) is 12.3. The second-order valence-electron chi connectivity index (χ2n) is 5.25. The summed E-state index contributed by atoms with van der Waals surface area (Å²) in [6.07, 6.45) is 1.12. The molecule has 2 atom stereocenters. The number of carbonyl (C=O) groups is 1. The number of aliphatic hydroxyl groups is 1. The molecule has 4 nitrogen and oxygen atoms in total. The van der Waals surface area contributed by atoms with Crippen molar-refractivity contribution in [3.05, 3.63) is 35.4 Å². The molecule has 0 aliphatic carbocycles. The van der Waals surface area contributed by atoms with Crippen LogP contribution in [-0.2, 0) is 16.1 Å². The number of amides is 1. The van der Waals surface area contributed by atoms with Crippen LogP contribution >= 0.6 is 0 Å². The first-order valence-electron chi connectivity index (χ1n) is 7.28. The summed E-state index contributed by atoms with van der Waals surface area (Å²) in [5.74, 6) is 6.10. The average molecular weight is 287 g/mol. The van der Waals surface area contributed by atoms with Gasteiger partial charge in [0.25, 0.3) is 0 Å². The van der Waals surface area contributed by atoms with Gasteiger partial charge in [0.1, 0.15) is 6.10 Å². The lowest BCUT2D eigenvalue weighted by molar-refractivity contribution is -0.131. The van der Waals surface area contributed by atoms with Gasteiger partial charge in [-0.2, -0.15) is 0 Å². The molecule has 1 aromatic carbocycles. The highest BCUT2D eigenvalue weighted by Crippen LogP contribution is 2.20. The lowest BCUT2D eigenvalue weighted by atomic mass is 10.0. The van der Waals surface area contributed by atoms with Gasteiger partial charge in [-0.05, 0) is 30.0 Å². The first-order chi connectivity index (χ1) is 10.2. The predicted octanol–water partition coefficient (Wildman–Crippen LogP) is 1.46. The molecule has 0 radical (unpaired) electrons. The maximum atomic E-state index is 12.0. The van der Waals surface area contributed by atoms with E-state index in [1.807, 2.05) is 31.2 Å². The van der Waals surface area contributed by atoms with Gasteiger partial charge >= 0.3 is 0 Å². The van der Waals surface area contributed by atoms with Crippen LogP contribution in [0.1, 0.15) is 30.9 Å². The topological polar surface area (TPSA) is 58.6 Å². The third-order valence-electron chi connectivity index (χ3n) is 3.54. The van der Waals surface area contributed by atoms with Gasteiger partial charge in [0, 0.05) is 25.1 Å². The van der Waals surface area contributed by atoms with Crippen LogP contribution in [0.4, 0.5) is 0 Å². The number of carbonyl (C=O) groups excluding carboxylic acids is 1. The molecule has 1 heterocycles. The Labute approximate surface area is 125 Å². The first kappa shape index (κ1) is 15.6. The number of aliphatic hydroxyl groups excluding tert-OH is 1. The van der Waals surface area contributed by atoms with E-state index >= 15 is 0 Å². The minimum absolute atomic E-state index is 0.0354. The van der Waals surface area contributed by atoms with E-state index < -0.39 is 0 Å². The van der Waals surface area contributed by atoms with Crippen LogP contribution < -0.4 is 5.32 Å². The molecule has 1 fully saturated rings. The van der Waals surface area contributed by atoms with E-state index in [2.05, 4.69) is 17.2 Å². The van der Waals surface area contributed by atoms with Crippen molar-refractivity contribution in [3.8, 4) is 11.8 Å². The summed E-state index contributed by atoms with van der Waals surface area (Å²) >= 11 is 0. The van der Waals surface area contributed by atoms with E-state index in [0.29, 0.717) is 19.6 Å². The van der Waals surface area contributed by atoms with Crippen LogP contribution in [0.25, 0.3) is 0 Å². The molecule has 1 aliphatic heterocycles. The Morgan fingerprint density at radius 1 is 1.43 bits per heavy atom. The summed E-state index contributed by atoms with van der Waals surface area (Å²) in [6, 6.07) is 7.73. The van der Waals surface area contributed by atoms with E-state index in [0.717, 1.165) is 17.5 Å². The Bertz CT molecular complexity index is 527. The molecule has 0 aromatic heterocycles. The molecule has 0 bridgehead atoms. The van der Waals surface area contributed by atoms with Crippen molar-refractivity contribution >= 4 is 5.91 Å². The van der Waals surface area contributed by atoms with Crippen molar-refractivity contribution < 1.29 is 14.6 Å². The van der Waals surface area contributed by atoms with Gasteiger partial charge in [-0.25, -0.2) is 0 Å². The van der Waals surface area contributed by atoms with Crippen molar-refractivity contribution in [2.24, 2.45) is 5.92 Å². The monoisotopic (exact) mass is 287 g/mol. The molecule has 4 heteroatoms. The number of nitrogens with one attached hydrogen (secondary N) is 1. The molecular formula is C17H21NO3. The lowest BCUT2D eigenvalue weighted by Gasteiger charge is -2.14. The zero-order valence-electron chi connectivity index (χ0n) is 12.3. The fourth-order valence-electron chi connectivity index (χ4n) is 2.25. The molecule has 1 saturated heterocycles. The minimum Gasteiger partial charge on any atom is -0.395 e. The van der Waals surface area contributed by atoms with Crippen LogP contribution in [0.3, 0.4) is 0 Å². The molecule has 0 saturated carbocycles. The number of hydrogen-bond donors (Lipinski definition) is 2. The number of benzene rings is 1. The molecule has 2 N–H and O–H groups in total. The number of rotatable bonds is 4. The van der Waals surface area contributed by atoms with Crippen LogP contribution in [0.2, 0.25) is 0 Å². The minimum atomic E-state index is -0.311. The van der Waals surface area contributed by atoms with E-state index in [1.54, 1.807) is 0 Å². The highest BCUT2D eigenvalue weighted by molar-refractivity contribution is 5.81. The quantitative estimate of drug-likeness (QED) is 0.824. The van der Waals surface area contributed by atoms with Crippen molar-refractivity contribution in [1.82, 2.24) is 5.32 Å². The van der Waals surface area contributed by atoms with Crippen molar-refractivity contribution in [1.29, 1.82) is 0 Å². The van der Waals surface area contributed by atoms with E-state index in [1.165, 1.54) is 0 Å². The molecule has 0 spiro atoms. The van der Waals surface area contributed by atoms with E-state index in [-0.39, 0.29) is 24.5 Å². The number of hydrogen-bond acceptors (Lipinski definition) is 3.